The summed E-state index contributed by atoms with van der Waals surface area (Å²) in [5.41, 5.74) is 3.94. The monoisotopic (exact) mass is 449 g/mol. The van der Waals surface area contributed by atoms with Gasteiger partial charge in [0.15, 0.2) is 0 Å². The highest BCUT2D eigenvalue weighted by Crippen LogP contribution is 2.26. The van der Waals surface area contributed by atoms with E-state index in [1.165, 1.54) is 6.07 Å². The molecule has 0 spiro atoms. The van der Waals surface area contributed by atoms with Crippen molar-refractivity contribution >= 4 is 21.1 Å². The van der Waals surface area contributed by atoms with E-state index in [9.17, 15) is 12.8 Å². The fourth-order valence-corrected chi connectivity index (χ4v) is 4.05. The van der Waals surface area contributed by atoms with E-state index in [1.807, 2.05) is 53.1 Å². The normalized spacial score (nSPS) is 11.8. The third kappa shape index (κ3) is 3.77. The molecule has 5 aromatic rings. The van der Waals surface area contributed by atoms with Crippen LogP contribution in [0, 0.1) is 5.82 Å². The number of hydrogen-bond donors (Lipinski definition) is 1. The number of para-hydroxylation sites is 2. The molecule has 0 radical (unpaired) electrons. The van der Waals surface area contributed by atoms with Crippen LogP contribution in [0.3, 0.4) is 0 Å². The van der Waals surface area contributed by atoms with Crippen LogP contribution in [0.4, 0.5) is 4.39 Å². The van der Waals surface area contributed by atoms with E-state index >= 15 is 0 Å². The van der Waals surface area contributed by atoms with Gasteiger partial charge in [-0.15, -0.1) is 0 Å². The molecule has 0 fully saturated rings. The summed E-state index contributed by atoms with van der Waals surface area (Å²) in [6, 6.07) is 19.0. The second-order valence-electron chi connectivity index (χ2n) is 7.17. The van der Waals surface area contributed by atoms with E-state index in [4.69, 9.17) is 9.66 Å². The number of imidazole rings is 1. The number of fused-ring (bicyclic) bond motifs is 1. The van der Waals surface area contributed by atoms with Crippen LogP contribution in [-0.4, -0.2) is 28.1 Å². The van der Waals surface area contributed by atoms with E-state index in [0.29, 0.717) is 12.4 Å². The zero-order chi connectivity index (χ0) is 22.3. The first kappa shape index (κ1) is 20.0. The second-order valence-corrected chi connectivity index (χ2v) is 8.70. The molecule has 3 aromatic carbocycles. The average molecular weight is 449 g/mol. The Hall–Kier alpha value is -3.89. The van der Waals surface area contributed by atoms with Crippen LogP contribution in [0.5, 0.6) is 0 Å². The first-order valence-electron chi connectivity index (χ1n) is 9.54. The number of benzene rings is 3. The van der Waals surface area contributed by atoms with Crippen LogP contribution in [0.2, 0.25) is 0 Å². The molecule has 8 nitrogen and oxygen atoms in total. The molecule has 0 saturated heterocycles. The van der Waals surface area contributed by atoms with Gasteiger partial charge in [-0.1, -0.05) is 35.5 Å². The van der Waals surface area contributed by atoms with Crippen molar-refractivity contribution in [1.82, 2.24) is 19.7 Å². The maximum absolute atomic E-state index is 14.1. The van der Waals surface area contributed by atoms with Crippen molar-refractivity contribution in [2.45, 2.75) is 11.4 Å². The number of aromatic nitrogens is 4. The van der Waals surface area contributed by atoms with E-state index in [0.717, 1.165) is 34.3 Å². The van der Waals surface area contributed by atoms with Crippen LogP contribution < -0.4 is 5.14 Å². The van der Waals surface area contributed by atoms with Crippen LogP contribution in [-0.2, 0) is 16.6 Å². The van der Waals surface area contributed by atoms with Crippen LogP contribution in [0.15, 0.2) is 82.5 Å². The van der Waals surface area contributed by atoms with E-state index < -0.39 is 20.7 Å². The van der Waals surface area contributed by atoms with Gasteiger partial charge in [0.05, 0.1) is 17.4 Å². The van der Waals surface area contributed by atoms with Crippen LogP contribution in [0.1, 0.15) is 5.56 Å². The standard InChI is InChI=1S/C22H16FN5O3S/c23-17-11-16(8-9-20(17)32(24,29)30)22-26-21(27-31-22)15-5-3-4-14(10-15)12-28-13-25-18-6-1-2-7-19(18)28/h1-11,13H,12H2,(H2,24,29,30). The number of hydrogen-bond acceptors (Lipinski definition) is 6. The molecule has 0 bridgehead atoms. The first-order valence-corrected chi connectivity index (χ1v) is 11.1. The molecule has 0 saturated carbocycles. The maximum atomic E-state index is 14.1. The largest absolute Gasteiger partial charge is 0.334 e. The minimum atomic E-state index is -4.16. The lowest BCUT2D eigenvalue weighted by atomic mass is 10.1. The highest BCUT2D eigenvalue weighted by atomic mass is 32.2. The molecule has 0 atom stereocenters. The Morgan fingerprint density at radius 1 is 1.00 bits per heavy atom. The third-order valence-electron chi connectivity index (χ3n) is 4.98. The molecule has 2 heterocycles. The molecule has 10 heteroatoms. The molecule has 2 N–H and O–H groups in total. The third-order valence-corrected chi connectivity index (χ3v) is 5.92. The zero-order valence-electron chi connectivity index (χ0n) is 16.5. The summed E-state index contributed by atoms with van der Waals surface area (Å²) in [6.07, 6.45) is 1.80. The molecule has 160 valence electrons. The van der Waals surface area contributed by atoms with Gasteiger partial charge in [0.2, 0.25) is 15.8 Å². The van der Waals surface area contributed by atoms with E-state index in [1.54, 1.807) is 6.33 Å². The number of nitrogens with two attached hydrogens (primary N) is 1. The van der Waals surface area contributed by atoms with Gasteiger partial charge in [0, 0.05) is 17.7 Å². The van der Waals surface area contributed by atoms with Gasteiger partial charge in [-0.3, -0.25) is 0 Å². The van der Waals surface area contributed by atoms with Gasteiger partial charge in [-0.05, 0) is 42.0 Å². The van der Waals surface area contributed by atoms with Crippen molar-refractivity contribution in [3.05, 3.63) is 84.4 Å². The lowest BCUT2D eigenvalue weighted by Gasteiger charge is -2.05. The molecule has 0 unspecified atom stereocenters. The van der Waals surface area contributed by atoms with Crippen molar-refractivity contribution < 1.29 is 17.3 Å². The zero-order valence-corrected chi connectivity index (χ0v) is 17.3. The van der Waals surface area contributed by atoms with Gasteiger partial charge in [0.25, 0.3) is 5.89 Å². The highest BCUT2D eigenvalue weighted by molar-refractivity contribution is 7.89. The van der Waals surface area contributed by atoms with Crippen molar-refractivity contribution in [3.63, 3.8) is 0 Å². The van der Waals surface area contributed by atoms with Crippen LogP contribution in [0.25, 0.3) is 33.9 Å². The number of sulfonamides is 1. The summed E-state index contributed by atoms with van der Waals surface area (Å²) in [5.74, 6) is -0.599. The molecular weight excluding hydrogens is 433 g/mol. The minimum Gasteiger partial charge on any atom is -0.334 e. The molecular formula is C22H16FN5O3S. The van der Waals surface area contributed by atoms with Crippen molar-refractivity contribution in [1.29, 1.82) is 0 Å². The number of nitrogens with zero attached hydrogens (tertiary/aromatic N) is 4. The smallest absolute Gasteiger partial charge is 0.258 e. The van der Waals surface area contributed by atoms with E-state index in [2.05, 4.69) is 15.1 Å². The number of primary sulfonamides is 1. The fraction of sp³-hybridized carbons (Fsp3) is 0.0455. The van der Waals surface area contributed by atoms with Crippen molar-refractivity contribution in [3.8, 4) is 22.8 Å². The summed E-state index contributed by atoms with van der Waals surface area (Å²) in [7, 11) is -4.16. The van der Waals surface area contributed by atoms with Gasteiger partial charge < -0.3 is 9.09 Å². The Morgan fingerprint density at radius 2 is 1.84 bits per heavy atom. The average Bonchev–Trinajstić information content (AvgIpc) is 3.41. The molecule has 0 amide bonds. The van der Waals surface area contributed by atoms with Crippen molar-refractivity contribution in [2.24, 2.45) is 5.14 Å². The SMILES string of the molecule is NS(=O)(=O)c1ccc(-c2nc(-c3cccc(Cn4cnc5ccccc54)c3)no2)cc1F. The van der Waals surface area contributed by atoms with Gasteiger partial charge in [-0.2, -0.15) is 4.98 Å². The maximum Gasteiger partial charge on any atom is 0.258 e. The molecule has 0 aliphatic carbocycles. The van der Waals surface area contributed by atoms with Gasteiger partial charge >= 0.3 is 0 Å². The Labute approximate surface area is 182 Å². The summed E-state index contributed by atoms with van der Waals surface area (Å²) < 4.78 is 44.2. The lowest BCUT2D eigenvalue weighted by Crippen LogP contribution is -2.13. The summed E-state index contributed by atoms with van der Waals surface area (Å²) >= 11 is 0. The first-order chi connectivity index (χ1) is 15.4. The number of rotatable bonds is 5. The molecule has 0 aliphatic heterocycles. The van der Waals surface area contributed by atoms with Crippen LogP contribution >= 0.6 is 0 Å². The quantitative estimate of drug-likeness (QED) is 0.438. The van der Waals surface area contributed by atoms with Gasteiger partial charge in [-0.25, -0.2) is 22.9 Å². The Balaban J connectivity index is 1.43. The fourth-order valence-electron chi connectivity index (χ4n) is 3.46. The summed E-state index contributed by atoms with van der Waals surface area (Å²) in [5, 5.41) is 8.98. The molecule has 32 heavy (non-hydrogen) atoms. The molecule has 2 aromatic heterocycles. The molecule has 0 aliphatic rings. The predicted molar refractivity (Wildman–Crippen MR) is 115 cm³/mol. The second kappa shape index (κ2) is 7.66. The topological polar surface area (TPSA) is 117 Å². The minimum absolute atomic E-state index is 0.0610. The van der Waals surface area contributed by atoms with Gasteiger partial charge in [0.1, 0.15) is 10.7 Å². The summed E-state index contributed by atoms with van der Waals surface area (Å²) in [4.78, 5) is 8.14. The van der Waals surface area contributed by atoms with E-state index in [-0.39, 0.29) is 11.5 Å². The highest BCUT2D eigenvalue weighted by Gasteiger charge is 2.18. The summed E-state index contributed by atoms with van der Waals surface area (Å²) in [6.45, 7) is 0.610. The lowest BCUT2D eigenvalue weighted by molar-refractivity contribution is 0.432. The Bertz CT molecular complexity index is 1560. The Kier molecular flexibility index (Phi) is 4.80. The van der Waals surface area contributed by atoms with Crippen molar-refractivity contribution in [2.75, 3.05) is 0 Å². The Morgan fingerprint density at radius 3 is 2.66 bits per heavy atom. The molecule has 5 rings (SSSR count). The number of halogens is 1. The predicted octanol–water partition coefficient (Wildman–Crippen LogP) is 3.59.